The van der Waals surface area contributed by atoms with Crippen molar-refractivity contribution in [3.63, 3.8) is 0 Å². The van der Waals surface area contributed by atoms with Gasteiger partial charge < -0.3 is 5.32 Å². The molecule has 3 nitrogen and oxygen atoms in total. The SMILES string of the molecule is CCNC(C)C(c1nc(C)cnc1C)C(C)C. The van der Waals surface area contributed by atoms with Gasteiger partial charge in [-0.05, 0) is 33.2 Å². The van der Waals surface area contributed by atoms with Crippen LogP contribution in [0.5, 0.6) is 0 Å². The van der Waals surface area contributed by atoms with E-state index < -0.39 is 0 Å². The van der Waals surface area contributed by atoms with Gasteiger partial charge in [-0.25, -0.2) is 0 Å². The molecule has 0 aliphatic carbocycles. The fraction of sp³-hybridized carbons (Fsp3) is 0.714. The third kappa shape index (κ3) is 3.50. The molecule has 2 unspecified atom stereocenters. The van der Waals surface area contributed by atoms with E-state index in [9.17, 15) is 0 Å². The van der Waals surface area contributed by atoms with Crippen molar-refractivity contribution in [2.75, 3.05) is 6.54 Å². The van der Waals surface area contributed by atoms with Crippen LogP contribution in [0.25, 0.3) is 0 Å². The first kappa shape index (κ1) is 14.1. The van der Waals surface area contributed by atoms with E-state index in [-0.39, 0.29) is 0 Å². The number of hydrogen-bond donors (Lipinski definition) is 1. The van der Waals surface area contributed by atoms with Crippen LogP contribution >= 0.6 is 0 Å². The second-order valence-corrected chi connectivity index (χ2v) is 5.10. The minimum absolute atomic E-state index is 0.419. The van der Waals surface area contributed by atoms with Crippen LogP contribution in [0.3, 0.4) is 0 Å². The molecule has 0 aliphatic heterocycles. The lowest BCUT2D eigenvalue weighted by molar-refractivity contribution is 0.373. The predicted octanol–water partition coefficient (Wildman–Crippen LogP) is 2.83. The Labute approximate surface area is 105 Å². The summed E-state index contributed by atoms with van der Waals surface area (Å²) in [6, 6.07) is 0.426. The van der Waals surface area contributed by atoms with E-state index in [1.54, 1.807) is 0 Å². The molecule has 17 heavy (non-hydrogen) atoms. The van der Waals surface area contributed by atoms with Crippen molar-refractivity contribution in [2.45, 2.75) is 53.5 Å². The highest BCUT2D eigenvalue weighted by molar-refractivity contribution is 5.19. The van der Waals surface area contributed by atoms with Gasteiger partial charge in [0.15, 0.2) is 0 Å². The number of hydrogen-bond acceptors (Lipinski definition) is 3. The van der Waals surface area contributed by atoms with E-state index in [1.165, 1.54) is 0 Å². The largest absolute Gasteiger partial charge is 0.314 e. The van der Waals surface area contributed by atoms with Crippen molar-refractivity contribution < 1.29 is 0 Å². The fourth-order valence-corrected chi connectivity index (χ4v) is 2.45. The monoisotopic (exact) mass is 235 g/mol. The smallest absolute Gasteiger partial charge is 0.0667 e. The molecule has 0 saturated carbocycles. The second-order valence-electron chi connectivity index (χ2n) is 5.10. The summed E-state index contributed by atoms with van der Waals surface area (Å²) >= 11 is 0. The van der Waals surface area contributed by atoms with Gasteiger partial charge in [-0.15, -0.1) is 0 Å². The first-order valence-electron chi connectivity index (χ1n) is 6.50. The van der Waals surface area contributed by atoms with Crippen molar-refractivity contribution in [3.05, 3.63) is 23.3 Å². The van der Waals surface area contributed by atoms with Crippen LogP contribution in [0.4, 0.5) is 0 Å². The fourth-order valence-electron chi connectivity index (χ4n) is 2.45. The van der Waals surface area contributed by atoms with Crippen LogP contribution in [0.15, 0.2) is 6.20 Å². The number of likely N-dealkylation sites (N-methyl/N-ethyl adjacent to an activating group) is 1. The normalized spacial score (nSPS) is 15.0. The Hall–Kier alpha value is -0.960. The van der Waals surface area contributed by atoms with E-state index in [4.69, 9.17) is 4.98 Å². The molecule has 2 atom stereocenters. The molecule has 1 rings (SSSR count). The summed E-state index contributed by atoms with van der Waals surface area (Å²) in [5.74, 6) is 0.973. The van der Waals surface area contributed by atoms with E-state index in [1.807, 2.05) is 13.1 Å². The Morgan fingerprint density at radius 1 is 1.24 bits per heavy atom. The highest BCUT2D eigenvalue weighted by Crippen LogP contribution is 2.28. The van der Waals surface area contributed by atoms with Crippen molar-refractivity contribution in [2.24, 2.45) is 5.92 Å². The quantitative estimate of drug-likeness (QED) is 0.853. The maximum atomic E-state index is 4.70. The molecule has 1 heterocycles. The van der Waals surface area contributed by atoms with E-state index >= 15 is 0 Å². The van der Waals surface area contributed by atoms with Crippen LogP contribution in [-0.2, 0) is 0 Å². The van der Waals surface area contributed by atoms with Gasteiger partial charge in [-0.2, -0.15) is 0 Å². The first-order chi connectivity index (χ1) is 7.97. The average molecular weight is 235 g/mol. The minimum Gasteiger partial charge on any atom is -0.314 e. The number of rotatable bonds is 5. The Morgan fingerprint density at radius 3 is 2.41 bits per heavy atom. The van der Waals surface area contributed by atoms with E-state index in [0.29, 0.717) is 17.9 Å². The lowest BCUT2D eigenvalue weighted by Crippen LogP contribution is -2.35. The van der Waals surface area contributed by atoms with Gasteiger partial charge in [0, 0.05) is 18.2 Å². The molecule has 0 spiro atoms. The Bertz CT molecular complexity index is 360. The van der Waals surface area contributed by atoms with Crippen molar-refractivity contribution >= 4 is 0 Å². The van der Waals surface area contributed by atoms with Crippen LogP contribution < -0.4 is 5.32 Å². The standard InChI is InChI=1S/C14H25N3/c1-7-15-11(5)13(9(2)3)14-12(6)16-8-10(4)17-14/h8-9,11,13,15H,7H2,1-6H3. The summed E-state index contributed by atoms with van der Waals surface area (Å²) in [4.78, 5) is 9.13. The molecule has 3 heteroatoms. The molecule has 1 N–H and O–H groups in total. The Kier molecular flexibility index (Phi) is 5.06. The second kappa shape index (κ2) is 6.10. The van der Waals surface area contributed by atoms with Crippen LogP contribution in [0.1, 0.15) is 50.7 Å². The third-order valence-electron chi connectivity index (χ3n) is 3.21. The number of aromatic nitrogens is 2. The minimum atomic E-state index is 0.419. The molecule has 0 amide bonds. The maximum Gasteiger partial charge on any atom is 0.0667 e. The lowest BCUT2D eigenvalue weighted by atomic mass is 9.85. The molecule has 0 fully saturated rings. The molecular formula is C14H25N3. The van der Waals surface area contributed by atoms with E-state index in [2.05, 4.69) is 44.9 Å². The van der Waals surface area contributed by atoms with Gasteiger partial charge in [-0.1, -0.05) is 20.8 Å². The summed E-state index contributed by atoms with van der Waals surface area (Å²) < 4.78 is 0. The molecule has 0 aliphatic rings. The predicted molar refractivity (Wildman–Crippen MR) is 72.2 cm³/mol. The van der Waals surface area contributed by atoms with Gasteiger partial charge >= 0.3 is 0 Å². The number of aryl methyl sites for hydroxylation is 2. The summed E-state index contributed by atoms with van der Waals surface area (Å²) in [7, 11) is 0. The zero-order valence-corrected chi connectivity index (χ0v) is 11.9. The summed E-state index contributed by atoms with van der Waals surface area (Å²) in [6.45, 7) is 13.9. The molecule has 0 aromatic carbocycles. The Balaban J connectivity index is 3.09. The average Bonchev–Trinajstić information content (AvgIpc) is 2.23. The highest BCUT2D eigenvalue weighted by atomic mass is 14.9. The van der Waals surface area contributed by atoms with Gasteiger partial charge in [0.25, 0.3) is 0 Å². The van der Waals surface area contributed by atoms with Crippen molar-refractivity contribution in [3.8, 4) is 0 Å². The van der Waals surface area contributed by atoms with Gasteiger partial charge in [0.1, 0.15) is 0 Å². The molecule has 1 aromatic rings. The molecule has 0 bridgehead atoms. The number of nitrogens with one attached hydrogen (secondary N) is 1. The summed E-state index contributed by atoms with van der Waals surface area (Å²) in [5.41, 5.74) is 3.20. The van der Waals surface area contributed by atoms with E-state index in [0.717, 1.165) is 23.6 Å². The van der Waals surface area contributed by atoms with Crippen molar-refractivity contribution in [1.82, 2.24) is 15.3 Å². The molecule has 96 valence electrons. The zero-order chi connectivity index (χ0) is 13.0. The maximum absolute atomic E-state index is 4.70. The van der Waals surface area contributed by atoms with Crippen LogP contribution in [0.2, 0.25) is 0 Å². The Morgan fingerprint density at radius 2 is 1.88 bits per heavy atom. The molecule has 1 aromatic heterocycles. The van der Waals surface area contributed by atoms with Gasteiger partial charge in [0.05, 0.1) is 17.1 Å². The van der Waals surface area contributed by atoms with Gasteiger partial charge in [-0.3, -0.25) is 9.97 Å². The van der Waals surface area contributed by atoms with Crippen LogP contribution in [-0.4, -0.2) is 22.6 Å². The third-order valence-corrected chi connectivity index (χ3v) is 3.21. The summed E-state index contributed by atoms with van der Waals surface area (Å²) in [6.07, 6.45) is 1.84. The highest BCUT2D eigenvalue weighted by Gasteiger charge is 2.25. The molecule has 0 radical (unpaired) electrons. The summed E-state index contributed by atoms with van der Waals surface area (Å²) in [5, 5.41) is 3.50. The number of nitrogens with zero attached hydrogens (tertiary/aromatic N) is 2. The first-order valence-corrected chi connectivity index (χ1v) is 6.50. The zero-order valence-electron chi connectivity index (χ0n) is 11.9. The molecule has 0 saturated heterocycles. The van der Waals surface area contributed by atoms with Crippen molar-refractivity contribution in [1.29, 1.82) is 0 Å². The lowest BCUT2D eigenvalue weighted by Gasteiger charge is -2.28. The topological polar surface area (TPSA) is 37.8 Å². The van der Waals surface area contributed by atoms with Crippen LogP contribution in [0, 0.1) is 19.8 Å². The molecular weight excluding hydrogens is 210 g/mol. The van der Waals surface area contributed by atoms with Gasteiger partial charge in [0.2, 0.25) is 0 Å².